The fourth-order valence-electron chi connectivity index (χ4n) is 5.45. The van der Waals surface area contributed by atoms with Crippen LogP contribution in [0.5, 0.6) is 0 Å². The van der Waals surface area contributed by atoms with Crippen LogP contribution < -0.4 is 16.4 Å². The number of hydrogen-bond donors (Lipinski definition) is 3. The monoisotopic (exact) mass is 454 g/mol. The molecule has 0 atom stereocenters. The lowest BCUT2D eigenvalue weighted by molar-refractivity contribution is -0.125. The number of aromatic nitrogens is 3. The minimum atomic E-state index is -0.739. The van der Waals surface area contributed by atoms with E-state index in [-0.39, 0.29) is 11.9 Å². The summed E-state index contributed by atoms with van der Waals surface area (Å²) >= 11 is 0. The molecule has 3 aromatic rings. The molecule has 2 aliphatic carbocycles. The first-order valence-electron chi connectivity index (χ1n) is 11.7. The maximum absolute atomic E-state index is 12.2. The van der Waals surface area contributed by atoms with Crippen LogP contribution in [0.1, 0.15) is 48.1 Å². The molecule has 6 rings (SSSR count). The van der Waals surface area contributed by atoms with Gasteiger partial charge in [0.1, 0.15) is 11.4 Å². The summed E-state index contributed by atoms with van der Waals surface area (Å²) in [5.41, 5.74) is 11.8. The van der Waals surface area contributed by atoms with Crippen LogP contribution in [-0.2, 0) is 17.6 Å². The number of nitrogens with one attached hydrogen (secondary N) is 2. The number of benzene rings is 1. The van der Waals surface area contributed by atoms with Crippen molar-refractivity contribution >= 4 is 35.1 Å². The predicted molar refractivity (Wildman–Crippen MR) is 130 cm³/mol. The van der Waals surface area contributed by atoms with Crippen molar-refractivity contribution in [3.05, 3.63) is 71.1 Å². The van der Waals surface area contributed by atoms with Gasteiger partial charge in [0, 0.05) is 17.3 Å². The summed E-state index contributed by atoms with van der Waals surface area (Å²) in [7, 11) is 0. The Bertz CT molecular complexity index is 1380. The van der Waals surface area contributed by atoms with Gasteiger partial charge in [0.05, 0.1) is 6.20 Å². The van der Waals surface area contributed by atoms with Crippen LogP contribution >= 0.6 is 0 Å². The molecule has 0 radical (unpaired) electrons. The SMILES string of the molecule is Nc1cc(CC2CCC3(CC2)NC(=O)NC3=O)nc2c(C3=Cc4ccccc4CC=C3)cnn12. The number of imide groups is 1. The number of allylic oxidation sites excluding steroid dienone is 3. The number of carbonyl (C=O) groups is 2. The first kappa shape index (κ1) is 20.7. The molecule has 2 fully saturated rings. The van der Waals surface area contributed by atoms with Gasteiger partial charge in [-0.15, -0.1) is 0 Å². The normalized spacial score (nSPS) is 24.0. The molecule has 34 heavy (non-hydrogen) atoms. The number of amides is 3. The lowest BCUT2D eigenvalue weighted by Crippen LogP contribution is -2.49. The standard InChI is InChI=1S/C26H26N6O2/c27-22-14-20(12-16-8-10-26(11-9-16)24(33)30-25(34)31-26)29-23-21(15-28-32(22)23)19-7-3-6-17-4-1-2-5-18(17)13-19/h1-5,7,13-16H,6,8-12,27H2,(H2,30,31,33,34). The molecular formula is C26H26N6O2. The van der Waals surface area contributed by atoms with Crippen molar-refractivity contribution in [1.29, 1.82) is 0 Å². The Hall–Kier alpha value is -3.94. The van der Waals surface area contributed by atoms with Gasteiger partial charge < -0.3 is 11.1 Å². The number of anilines is 1. The van der Waals surface area contributed by atoms with E-state index in [0.717, 1.165) is 48.2 Å². The average Bonchev–Trinajstić information content (AvgIpc) is 3.27. The van der Waals surface area contributed by atoms with Crippen molar-refractivity contribution in [2.45, 2.75) is 44.1 Å². The molecule has 8 heteroatoms. The van der Waals surface area contributed by atoms with Crippen LogP contribution in [0.25, 0.3) is 17.3 Å². The van der Waals surface area contributed by atoms with Gasteiger partial charge in [0.25, 0.3) is 5.91 Å². The Morgan fingerprint density at radius 1 is 1.18 bits per heavy atom. The summed E-state index contributed by atoms with van der Waals surface area (Å²) in [5.74, 6) is 0.732. The second-order valence-corrected chi connectivity index (χ2v) is 9.51. The molecule has 0 bridgehead atoms. The number of nitrogens with two attached hydrogens (primary N) is 1. The van der Waals surface area contributed by atoms with Crippen LogP contribution in [0.3, 0.4) is 0 Å². The third-order valence-electron chi connectivity index (χ3n) is 7.34. The first-order chi connectivity index (χ1) is 16.5. The first-order valence-corrected chi connectivity index (χ1v) is 11.7. The van der Waals surface area contributed by atoms with Crippen LogP contribution in [0, 0.1) is 5.92 Å². The number of nitrogen functional groups attached to an aromatic ring is 1. The second kappa shape index (κ2) is 7.83. The number of carbonyl (C=O) groups excluding carboxylic acids is 2. The largest absolute Gasteiger partial charge is 0.384 e. The molecule has 0 unspecified atom stereocenters. The van der Waals surface area contributed by atoms with Gasteiger partial charge in [0.2, 0.25) is 0 Å². The predicted octanol–water partition coefficient (Wildman–Crippen LogP) is 3.28. The van der Waals surface area contributed by atoms with Crippen molar-refractivity contribution in [1.82, 2.24) is 25.2 Å². The van der Waals surface area contributed by atoms with Gasteiger partial charge in [-0.1, -0.05) is 36.4 Å². The fraction of sp³-hybridized carbons (Fsp3) is 0.308. The number of hydrogen-bond acceptors (Lipinski definition) is 5. The number of fused-ring (bicyclic) bond motifs is 2. The second-order valence-electron chi connectivity index (χ2n) is 9.51. The Balaban J connectivity index is 1.27. The molecule has 1 saturated heterocycles. The average molecular weight is 455 g/mol. The Kier molecular flexibility index (Phi) is 4.76. The molecule has 1 saturated carbocycles. The topological polar surface area (TPSA) is 114 Å². The lowest BCUT2D eigenvalue weighted by Gasteiger charge is -2.34. The van der Waals surface area contributed by atoms with E-state index in [4.69, 9.17) is 10.7 Å². The summed E-state index contributed by atoms with van der Waals surface area (Å²) < 4.78 is 1.69. The molecule has 1 spiro atoms. The molecule has 1 aliphatic heterocycles. The van der Waals surface area contributed by atoms with E-state index in [2.05, 4.69) is 58.2 Å². The van der Waals surface area contributed by atoms with E-state index >= 15 is 0 Å². The highest BCUT2D eigenvalue weighted by Gasteiger charge is 2.47. The van der Waals surface area contributed by atoms with Gasteiger partial charge >= 0.3 is 6.03 Å². The zero-order valence-electron chi connectivity index (χ0n) is 18.8. The third kappa shape index (κ3) is 3.46. The van der Waals surface area contributed by atoms with Gasteiger partial charge in [-0.05, 0) is 67.2 Å². The lowest BCUT2D eigenvalue weighted by atomic mass is 9.75. The Morgan fingerprint density at radius 3 is 2.79 bits per heavy atom. The maximum atomic E-state index is 12.2. The van der Waals surface area contributed by atoms with E-state index in [1.165, 1.54) is 11.1 Å². The van der Waals surface area contributed by atoms with Gasteiger partial charge in [0.15, 0.2) is 5.65 Å². The van der Waals surface area contributed by atoms with Crippen LogP contribution in [0.2, 0.25) is 0 Å². The number of rotatable bonds is 3. The summed E-state index contributed by atoms with van der Waals surface area (Å²) in [5, 5.41) is 9.71. The summed E-state index contributed by atoms with van der Waals surface area (Å²) in [6.45, 7) is 0. The highest BCUT2D eigenvalue weighted by molar-refractivity contribution is 6.07. The Morgan fingerprint density at radius 2 is 2.00 bits per heavy atom. The van der Waals surface area contributed by atoms with Crippen LogP contribution in [0.4, 0.5) is 10.6 Å². The van der Waals surface area contributed by atoms with E-state index in [1.54, 1.807) is 4.52 Å². The third-order valence-corrected chi connectivity index (χ3v) is 7.34. The van der Waals surface area contributed by atoms with Gasteiger partial charge in [-0.3, -0.25) is 10.1 Å². The minimum Gasteiger partial charge on any atom is -0.384 e. The molecule has 4 N–H and O–H groups in total. The smallest absolute Gasteiger partial charge is 0.322 e. The highest BCUT2D eigenvalue weighted by atomic mass is 16.2. The van der Waals surface area contributed by atoms with E-state index < -0.39 is 5.54 Å². The number of nitrogens with zero attached hydrogens (tertiary/aromatic N) is 3. The molecule has 1 aromatic carbocycles. The quantitative estimate of drug-likeness (QED) is 0.526. The Labute approximate surface area is 196 Å². The molecule has 8 nitrogen and oxygen atoms in total. The van der Waals surface area contributed by atoms with Crippen molar-refractivity contribution in [2.75, 3.05) is 5.73 Å². The molecule has 3 amide bonds. The fourth-order valence-corrected chi connectivity index (χ4v) is 5.45. The molecule has 3 aliphatic rings. The van der Waals surface area contributed by atoms with Crippen molar-refractivity contribution in [3.63, 3.8) is 0 Å². The summed E-state index contributed by atoms with van der Waals surface area (Å²) in [6, 6.07) is 9.90. The zero-order valence-corrected chi connectivity index (χ0v) is 18.8. The van der Waals surface area contributed by atoms with Gasteiger partial charge in [-0.25, -0.2) is 9.78 Å². The zero-order chi connectivity index (χ0) is 23.3. The maximum Gasteiger partial charge on any atom is 0.322 e. The van der Waals surface area contributed by atoms with E-state index in [0.29, 0.717) is 24.6 Å². The molecule has 3 heterocycles. The molecule has 2 aromatic heterocycles. The van der Waals surface area contributed by atoms with E-state index in [1.807, 2.05) is 12.3 Å². The molecule has 172 valence electrons. The van der Waals surface area contributed by atoms with Gasteiger partial charge in [-0.2, -0.15) is 9.61 Å². The van der Waals surface area contributed by atoms with Crippen LogP contribution in [0.15, 0.2) is 48.7 Å². The minimum absolute atomic E-state index is 0.199. The van der Waals surface area contributed by atoms with E-state index in [9.17, 15) is 9.59 Å². The molecular weight excluding hydrogens is 428 g/mol. The van der Waals surface area contributed by atoms with Crippen LogP contribution in [-0.4, -0.2) is 32.1 Å². The van der Waals surface area contributed by atoms with Crippen molar-refractivity contribution < 1.29 is 9.59 Å². The number of urea groups is 1. The van der Waals surface area contributed by atoms with Crippen molar-refractivity contribution in [3.8, 4) is 0 Å². The van der Waals surface area contributed by atoms with Crippen molar-refractivity contribution in [2.24, 2.45) is 5.92 Å². The highest BCUT2D eigenvalue weighted by Crippen LogP contribution is 2.36. The summed E-state index contributed by atoms with van der Waals surface area (Å²) in [4.78, 5) is 28.8. The summed E-state index contributed by atoms with van der Waals surface area (Å²) in [6.07, 6.45) is 12.9.